The number of hydrogen-bond donors (Lipinski definition) is 1. The lowest BCUT2D eigenvalue weighted by atomic mass is 10.2. The van der Waals surface area contributed by atoms with Gasteiger partial charge < -0.3 is 14.6 Å². The fourth-order valence-corrected chi connectivity index (χ4v) is 2.33. The summed E-state index contributed by atoms with van der Waals surface area (Å²) in [6.07, 6.45) is 3.37. The Morgan fingerprint density at radius 3 is 2.50 bits per heavy atom. The molecule has 5 heteroatoms. The van der Waals surface area contributed by atoms with E-state index in [1.807, 2.05) is 31.2 Å². The highest BCUT2D eigenvalue weighted by molar-refractivity contribution is 5.99. The third-order valence-electron chi connectivity index (χ3n) is 3.79. The van der Waals surface area contributed by atoms with E-state index in [0.29, 0.717) is 24.4 Å². The first-order valence-corrected chi connectivity index (χ1v) is 8.12. The normalized spacial score (nSPS) is 10.5. The smallest absolute Gasteiger partial charge is 0.267 e. The third kappa shape index (κ3) is 4.98. The standard InChI is InChI=1S/C19H24N2O3/c1-14-6-8-17(9-7-14)24-11-5-4-10-20-19(23)18-12-16(15(2)22)13-21(18)3/h6-9,12-13H,4-5,10-11H2,1-3H3,(H,20,23). The Hall–Kier alpha value is -2.56. The van der Waals surface area contributed by atoms with Crippen LogP contribution in [0.25, 0.3) is 0 Å². The number of aryl methyl sites for hydroxylation is 2. The molecule has 1 amide bonds. The molecular weight excluding hydrogens is 304 g/mol. The molecule has 1 N–H and O–H groups in total. The zero-order chi connectivity index (χ0) is 17.5. The second-order valence-corrected chi connectivity index (χ2v) is 5.91. The number of aromatic nitrogens is 1. The van der Waals surface area contributed by atoms with E-state index >= 15 is 0 Å². The SMILES string of the molecule is CC(=O)c1cc(C(=O)NCCCCOc2ccc(C)cc2)n(C)c1. The van der Waals surface area contributed by atoms with Crippen LogP contribution in [0.1, 0.15) is 46.2 Å². The molecule has 0 fully saturated rings. The Labute approximate surface area is 142 Å². The predicted molar refractivity (Wildman–Crippen MR) is 93.7 cm³/mol. The summed E-state index contributed by atoms with van der Waals surface area (Å²) in [4.78, 5) is 23.5. The Kier molecular flexibility index (Phi) is 6.18. The van der Waals surface area contributed by atoms with E-state index in [-0.39, 0.29) is 11.7 Å². The van der Waals surface area contributed by atoms with Gasteiger partial charge in [-0.1, -0.05) is 17.7 Å². The van der Waals surface area contributed by atoms with Crippen molar-refractivity contribution in [2.45, 2.75) is 26.7 Å². The summed E-state index contributed by atoms with van der Waals surface area (Å²) in [7, 11) is 1.76. The van der Waals surface area contributed by atoms with Crippen LogP contribution in [0.3, 0.4) is 0 Å². The number of ketones is 1. The Morgan fingerprint density at radius 2 is 1.88 bits per heavy atom. The maximum atomic E-state index is 12.1. The van der Waals surface area contributed by atoms with Gasteiger partial charge >= 0.3 is 0 Å². The molecule has 0 unspecified atom stereocenters. The van der Waals surface area contributed by atoms with Crippen LogP contribution in [0, 0.1) is 6.92 Å². The quantitative estimate of drug-likeness (QED) is 0.598. The predicted octanol–water partition coefficient (Wildman–Crippen LogP) is 3.13. The van der Waals surface area contributed by atoms with E-state index in [2.05, 4.69) is 5.32 Å². The maximum Gasteiger partial charge on any atom is 0.267 e. The van der Waals surface area contributed by atoms with Crippen LogP contribution in [-0.2, 0) is 7.05 Å². The number of nitrogens with one attached hydrogen (secondary N) is 1. The van der Waals surface area contributed by atoms with E-state index in [1.54, 1.807) is 23.9 Å². The average Bonchev–Trinajstić information content (AvgIpc) is 2.94. The van der Waals surface area contributed by atoms with Crippen LogP contribution in [0.2, 0.25) is 0 Å². The lowest BCUT2D eigenvalue weighted by molar-refractivity contribution is 0.0944. The number of carbonyl (C=O) groups excluding carboxylic acids is 2. The Bertz CT molecular complexity index is 702. The molecule has 2 rings (SSSR count). The number of unbranched alkanes of at least 4 members (excludes halogenated alkanes) is 1. The van der Waals surface area contributed by atoms with Gasteiger partial charge in [-0.3, -0.25) is 9.59 Å². The van der Waals surface area contributed by atoms with Crippen LogP contribution in [0.5, 0.6) is 5.75 Å². The molecule has 0 saturated carbocycles. The van der Waals surface area contributed by atoms with E-state index in [0.717, 1.165) is 18.6 Å². The zero-order valence-corrected chi connectivity index (χ0v) is 14.5. The summed E-state index contributed by atoms with van der Waals surface area (Å²) in [5.74, 6) is 0.660. The summed E-state index contributed by atoms with van der Waals surface area (Å²) in [6, 6.07) is 9.58. The van der Waals surface area contributed by atoms with Gasteiger partial charge in [-0.05, 0) is 44.9 Å². The lowest BCUT2D eigenvalue weighted by Gasteiger charge is -2.08. The summed E-state index contributed by atoms with van der Waals surface area (Å²) in [5, 5.41) is 2.87. The highest BCUT2D eigenvalue weighted by Crippen LogP contribution is 2.12. The van der Waals surface area contributed by atoms with Crippen molar-refractivity contribution in [3.8, 4) is 5.75 Å². The van der Waals surface area contributed by atoms with Crippen LogP contribution < -0.4 is 10.1 Å². The molecule has 128 valence electrons. The van der Waals surface area contributed by atoms with Crippen molar-refractivity contribution in [2.75, 3.05) is 13.2 Å². The summed E-state index contributed by atoms with van der Waals surface area (Å²) < 4.78 is 7.32. The van der Waals surface area contributed by atoms with Gasteiger partial charge in [-0.25, -0.2) is 0 Å². The Morgan fingerprint density at radius 1 is 1.17 bits per heavy atom. The summed E-state index contributed by atoms with van der Waals surface area (Å²) in [6.45, 7) is 4.73. The zero-order valence-electron chi connectivity index (χ0n) is 14.5. The maximum absolute atomic E-state index is 12.1. The average molecular weight is 328 g/mol. The minimum atomic E-state index is -0.163. The molecule has 0 atom stereocenters. The van der Waals surface area contributed by atoms with Crippen molar-refractivity contribution in [3.05, 3.63) is 53.3 Å². The molecule has 5 nitrogen and oxygen atoms in total. The number of ether oxygens (including phenoxy) is 1. The summed E-state index contributed by atoms with van der Waals surface area (Å²) >= 11 is 0. The van der Waals surface area contributed by atoms with Crippen LogP contribution in [0.15, 0.2) is 36.5 Å². The number of benzene rings is 1. The van der Waals surface area contributed by atoms with Gasteiger partial charge in [-0.2, -0.15) is 0 Å². The minimum absolute atomic E-state index is 0.0436. The molecule has 1 aromatic heterocycles. The first-order chi connectivity index (χ1) is 11.5. The number of rotatable bonds is 8. The molecule has 24 heavy (non-hydrogen) atoms. The van der Waals surface area contributed by atoms with Gasteiger partial charge in [0, 0.05) is 25.4 Å². The van der Waals surface area contributed by atoms with Crippen molar-refractivity contribution in [2.24, 2.45) is 7.05 Å². The molecular formula is C19H24N2O3. The number of Topliss-reactive ketones (excluding diaryl/α,β-unsaturated/α-hetero) is 1. The van der Waals surface area contributed by atoms with Gasteiger partial charge in [0.1, 0.15) is 11.4 Å². The molecule has 0 spiro atoms. The molecule has 0 aliphatic rings. The molecule has 0 saturated heterocycles. The molecule has 2 aromatic rings. The highest BCUT2D eigenvalue weighted by Gasteiger charge is 2.13. The first kappa shape index (κ1) is 17.8. The lowest BCUT2D eigenvalue weighted by Crippen LogP contribution is -2.26. The second-order valence-electron chi connectivity index (χ2n) is 5.91. The topological polar surface area (TPSA) is 60.3 Å². The first-order valence-electron chi connectivity index (χ1n) is 8.12. The van der Waals surface area contributed by atoms with Gasteiger partial charge in [0.05, 0.1) is 6.61 Å². The molecule has 1 heterocycles. The molecule has 0 bridgehead atoms. The monoisotopic (exact) mass is 328 g/mol. The van der Waals surface area contributed by atoms with Crippen molar-refractivity contribution in [3.63, 3.8) is 0 Å². The molecule has 1 aromatic carbocycles. The third-order valence-corrected chi connectivity index (χ3v) is 3.79. The van der Waals surface area contributed by atoms with E-state index < -0.39 is 0 Å². The second kappa shape index (κ2) is 8.34. The van der Waals surface area contributed by atoms with Crippen molar-refractivity contribution >= 4 is 11.7 Å². The van der Waals surface area contributed by atoms with Crippen LogP contribution in [-0.4, -0.2) is 29.4 Å². The van der Waals surface area contributed by atoms with Crippen LogP contribution in [0.4, 0.5) is 0 Å². The van der Waals surface area contributed by atoms with Gasteiger partial charge in [0.2, 0.25) is 0 Å². The Balaban J connectivity index is 1.67. The van der Waals surface area contributed by atoms with Crippen molar-refractivity contribution < 1.29 is 14.3 Å². The van der Waals surface area contributed by atoms with Gasteiger partial charge in [0.25, 0.3) is 5.91 Å². The minimum Gasteiger partial charge on any atom is -0.494 e. The molecule has 0 aliphatic heterocycles. The number of carbonyl (C=O) groups is 2. The van der Waals surface area contributed by atoms with E-state index in [4.69, 9.17) is 4.74 Å². The largest absolute Gasteiger partial charge is 0.494 e. The number of amides is 1. The van der Waals surface area contributed by atoms with E-state index in [1.165, 1.54) is 12.5 Å². The fourth-order valence-electron chi connectivity index (χ4n) is 2.33. The fraction of sp³-hybridized carbons (Fsp3) is 0.368. The van der Waals surface area contributed by atoms with Crippen molar-refractivity contribution in [1.29, 1.82) is 0 Å². The van der Waals surface area contributed by atoms with Gasteiger partial charge in [-0.15, -0.1) is 0 Å². The number of nitrogens with zero attached hydrogens (tertiary/aromatic N) is 1. The summed E-state index contributed by atoms with van der Waals surface area (Å²) in [5.41, 5.74) is 2.25. The van der Waals surface area contributed by atoms with E-state index in [9.17, 15) is 9.59 Å². The molecule has 0 radical (unpaired) electrons. The number of hydrogen-bond acceptors (Lipinski definition) is 3. The molecule has 0 aliphatic carbocycles. The van der Waals surface area contributed by atoms with Crippen molar-refractivity contribution in [1.82, 2.24) is 9.88 Å². The van der Waals surface area contributed by atoms with Crippen LogP contribution >= 0.6 is 0 Å². The van der Waals surface area contributed by atoms with Gasteiger partial charge in [0.15, 0.2) is 5.78 Å². The highest BCUT2D eigenvalue weighted by atomic mass is 16.5.